The molecule has 0 heterocycles. The number of Topliss-reactive ketones (excluding diaryl/α,β-unsaturated/α-hetero) is 1. The second-order valence-corrected chi connectivity index (χ2v) is 5.39. The lowest BCUT2D eigenvalue weighted by molar-refractivity contribution is -0.122. The first kappa shape index (κ1) is 11.8. The lowest BCUT2D eigenvalue weighted by atomic mass is 9.94. The molecule has 2 nitrogen and oxygen atoms in total. The Morgan fingerprint density at radius 1 is 1.44 bits per heavy atom. The molecule has 2 rings (SSSR count). The van der Waals surface area contributed by atoms with Crippen molar-refractivity contribution in [3.05, 3.63) is 34.3 Å². The third-order valence-electron chi connectivity index (χ3n) is 3.25. The van der Waals surface area contributed by atoms with E-state index in [-0.39, 0.29) is 12.0 Å². The Bertz CT molecular complexity index is 391. The van der Waals surface area contributed by atoms with Crippen molar-refractivity contribution in [1.29, 1.82) is 0 Å². The standard InChI is InChI=1S/C13H16BrNO/c14-10-4-1-3-9(7-10)8-13(16)11-5-2-6-12(11)15/h1,3-4,7,11-12H,2,5-6,8,15H2. The molecule has 0 aromatic heterocycles. The largest absolute Gasteiger partial charge is 0.327 e. The summed E-state index contributed by atoms with van der Waals surface area (Å²) in [6, 6.07) is 8.00. The van der Waals surface area contributed by atoms with Crippen LogP contribution in [0.4, 0.5) is 0 Å². The van der Waals surface area contributed by atoms with E-state index in [0.717, 1.165) is 29.3 Å². The lowest BCUT2D eigenvalue weighted by Crippen LogP contribution is -2.31. The van der Waals surface area contributed by atoms with Crippen LogP contribution in [0.2, 0.25) is 0 Å². The van der Waals surface area contributed by atoms with Gasteiger partial charge < -0.3 is 5.73 Å². The maximum atomic E-state index is 12.0. The van der Waals surface area contributed by atoms with Gasteiger partial charge >= 0.3 is 0 Å². The average Bonchev–Trinajstić information content (AvgIpc) is 2.64. The number of benzene rings is 1. The van der Waals surface area contributed by atoms with Crippen LogP contribution in [0.25, 0.3) is 0 Å². The fourth-order valence-corrected chi connectivity index (χ4v) is 2.81. The van der Waals surface area contributed by atoms with Crippen molar-refractivity contribution < 1.29 is 4.79 Å². The van der Waals surface area contributed by atoms with Gasteiger partial charge in [-0.05, 0) is 30.5 Å². The Labute approximate surface area is 104 Å². The maximum Gasteiger partial charge on any atom is 0.141 e. The van der Waals surface area contributed by atoms with Crippen molar-refractivity contribution in [1.82, 2.24) is 0 Å². The number of carbonyl (C=O) groups excluding carboxylic acids is 1. The van der Waals surface area contributed by atoms with Crippen LogP contribution < -0.4 is 5.73 Å². The first-order chi connectivity index (χ1) is 7.66. The van der Waals surface area contributed by atoms with Gasteiger partial charge in [-0.1, -0.05) is 34.5 Å². The number of nitrogens with two attached hydrogens (primary N) is 1. The highest BCUT2D eigenvalue weighted by Gasteiger charge is 2.29. The Balaban J connectivity index is 2.02. The summed E-state index contributed by atoms with van der Waals surface area (Å²) in [4.78, 5) is 12.0. The van der Waals surface area contributed by atoms with Gasteiger partial charge in [-0.25, -0.2) is 0 Å². The molecule has 1 aromatic rings. The van der Waals surface area contributed by atoms with Gasteiger partial charge in [0.2, 0.25) is 0 Å². The van der Waals surface area contributed by atoms with Gasteiger partial charge in [0.15, 0.2) is 0 Å². The van der Waals surface area contributed by atoms with Crippen LogP contribution in [-0.2, 0) is 11.2 Å². The number of hydrogen-bond acceptors (Lipinski definition) is 2. The van der Waals surface area contributed by atoms with Gasteiger partial charge in [-0.2, -0.15) is 0 Å². The minimum Gasteiger partial charge on any atom is -0.327 e. The van der Waals surface area contributed by atoms with E-state index in [4.69, 9.17) is 5.73 Å². The molecule has 0 radical (unpaired) electrons. The third kappa shape index (κ3) is 2.71. The van der Waals surface area contributed by atoms with E-state index < -0.39 is 0 Å². The minimum atomic E-state index is 0.0824. The molecule has 1 aromatic carbocycles. The molecule has 0 amide bonds. The van der Waals surface area contributed by atoms with Crippen molar-refractivity contribution in [2.24, 2.45) is 11.7 Å². The smallest absolute Gasteiger partial charge is 0.141 e. The van der Waals surface area contributed by atoms with Crippen molar-refractivity contribution >= 4 is 21.7 Å². The Morgan fingerprint density at radius 2 is 2.25 bits per heavy atom. The summed E-state index contributed by atoms with van der Waals surface area (Å²) >= 11 is 3.41. The summed E-state index contributed by atoms with van der Waals surface area (Å²) in [5, 5.41) is 0. The van der Waals surface area contributed by atoms with Crippen molar-refractivity contribution in [2.45, 2.75) is 31.7 Å². The van der Waals surface area contributed by atoms with Gasteiger partial charge in [-0.15, -0.1) is 0 Å². The summed E-state index contributed by atoms with van der Waals surface area (Å²) in [5.74, 6) is 0.377. The van der Waals surface area contributed by atoms with Crippen LogP contribution >= 0.6 is 15.9 Å². The molecule has 16 heavy (non-hydrogen) atoms. The molecule has 2 atom stereocenters. The van der Waals surface area contributed by atoms with Gasteiger partial charge in [0.25, 0.3) is 0 Å². The zero-order valence-electron chi connectivity index (χ0n) is 9.16. The third-order valence-corrected chi connectivity index (χ3v) is 3.74. The number of hydrogen-bond donors (Lipinski definition) is 1. The zero-order valence-corrected chi connectivity index (χ0v) is 10.7. The summed E-state index contributed by atoms with van der Waals surface area (Å²) < 4.78 is 1.02. The second-order valence-electron chi connectivity index (χ2n) is 4.47. The minimum absolute atomic E-state index is 0.0824. The van der Waals surface area contributed by atoms with Crippen molar-refractivity contribution in [2.75, 3.05) is 0 Å². The van der Waals surface area contributed by atoms with Crippen LogP contribution in [-0.4, -0.2) is 11.8 Å². The molecule has 0 aliphatic heterocycles. The van der Waals surface area contributed by atoms with E-state index in [1.54, 1.807) is 0 Å². The van der Waals surface area contributed by atoms with E-state index in [1.165, 1.54) is 0 Å². The monoisotopic (exact) mass is 281 g/mol. The second kappa shape index (κ2) is 5.11. The molecule has 1 aliphatic carbocycles. The van der Waals surface area contributed by atoms with Gasteiger partial charge in [0.1, 0.15) is 5.78 Å². The number of carbonyl (C=O) groups is 1. The fourth-order valence-electron chi connectivity index (χ4n) is 2.37. The lowest BCUT2D eigenvalue weighted by Gasteiger charge is -2.13. The predicted octanol–water partition coefficient (Wildman–Crippen LogP) is 2.69. The van der Waals surface area contributed by atoms with Gasteiger partial charge in [0.05, 0.1) is 0 Å². The molecular weight excluding hydrogens is 266 g/mol. The van der Waals surface area contributed by atoms with Gasteiger partial charge in [0, 0.05) is 22.9 Å². The predicted molar refractivity (Wildman–Crippen MR) is 68.2 cm³/mol. The number of rotatable bonds is 3. The van der Waals surface area contributed by atoms with Crippen LogP contribution in [0, 0.1) is 5.92 Å². The molecule has 0 bridgehead atoms. The van der Waals surface area contributed by atoms with Crippen LogP contribution in [0.3, 0.4) is 0 Å². The van der Waals surface area contributed by atoms with E-state index in [9.17, 15) is 4.79 Å². The maximum absolute atomic E-state index is 12.0. The van der Waals surface area contributed by atoms with Crippen molar-refractivity contribution in [3.8, 4) is 0 Å². The Hall–Kier alpha value is -0.670. The molecule has 1 saturated carbocycles. The molecule has 0 saturated heterocycles. The average molecular weight is 282 g/mol. The Kier molecular flexibility index (Phi) is 3.77. The van der Waals surface area contributed by atoms with Crippen LogP contribution in [0.5, 0.6) is 0 Å². The molecule has 1 aliphatic rings. The molecule has 2 unspecified atom stereocenters. The van der Waals surface area contributed by atoms with Crippen molar-refractivity contribution in [3.63, 3.8) is 0 Å². The summed E-state index contributed by atoms with van der Waals surface area (Å²) in [6.45, 7) is 0. The van der Waals surface area contributed by atoms with E-state index >= 15 is 0 Å². The summed E-state index contributed by atoms with van der Waals surface area (Å²) in [7, 11) is 0. The molecule has 1 fully saturated rings. The normalized spacial score (nSPS) is 24.6. The topological polar surface area (TPSA) is 43.1 Å². The molecule has 2 N–H and O–H groups in total. The van der Waals surface area contributed by atoms with E-state index in [2.05, 4.69) is 15.9 Å². The Morgan fingerprint density at radius 3 is 2.88 bits per heavy atom. The molecule has 86 valence electrons. The summed E-state index contributed by atoms with van der Waals surface area (Å²) in [5.41, 5.74) is 7.00. The van der Waals surface area contributed by atoms with E-state index in [0.29, 0.717) is 12.2 Å². The van der Waals surface area contributed by atoms with E-state index in [1.807, 2.05) is 24.3 Å². The highest BCUT2D eigenvalue weighted by atomic mass is 79.9. The quantitative estimate of drug-likeness (QED) is 0.926. The fraction of sp³-hybridized carbons (Fsp3) is 0.462. The zero-order chi connectivity index (χ0) is 11.5. The number of ketones is 1. The highest BCUT2D eigenvalue weighted by Crippen LogP contribution is 2.26. The first-order valence-electron chi connectivity index (χ1n) is 5.69. The molecule has 0 spiro atoms. The van der Waals surface area contributed by atoms with Crippen LogP contribution in [0.1, 0.15) is 24.8 Å². The highest BCUT2D eigenvalue weighted by molar-refractivity contribution is 9.10. The summed E-state index contributed by atoms with van der Waals surface area (Å²) in [6.07, 6.45) is 3.57. The molecular formula is C13H16BrNO. The van der Waals surface area contributed by atoms with Gasteiger partial charge in [-0.3, -0.25) is 4.79 Å². The first-order valence-corrected chi connectivity index (χ1v) is 6.49. The molecule has 3 heteroatoms. The van der Waals surface area contributed by atoms with Crippen LogP contribution in [0.15, 0.2) is 28.7 Å². The number of halogens is 1. The SMILES string of the molecule is NC1CCCC1C(=O)Cc1cccc(Br)c1.